The lowest BCUT2D eigenvalue weighted by Gasteiger charge is -2.21. The largest absolute Gasteiger partial charge is 0.379 e. The number of hydrogen-bond acceptors (Lipinski definition) is 4. The van der Waals surface area contributed by atoms with Crippen LogP contribution >= 0.6 is 0 Å². The third-order valence-electron chi connectivity index (χ3n) is 4.77. The molecule has 146 valence electrons. The summed E-state index contributed by atoms with van der Waals surface area (Å²) in [5.41, 5.74) is 2.53. The first-order valence-electron chi connectivity index (χ1n) is 9.40. The highest BCUT2D eigenvalue weighted by atomic mass is 19.1. The zero-order chi connectivity index (χ0) is 19.5. The Balaban J connectivity index is 1.64. The molecule has 0 fully saturated rings. The average Bonchev–Trinajstić information content (AvgIpc) is 3.09. The van der Waals surface area contributed by atoms with Crippen molar-refractivity contribution in [3.63, 3.8) is 0 Å². The minimum absolute atomic E-state index is 0.264. The molecule has 2 aromatic heterocycles. The molecule has 4 rings (SSSR count). The van der Waals surface area contributed by atoms with Crippen molar-refractivity contribution < 1.29 is 13.9 Å². The van der Waals surface area contributed by atoms with E-state index in [2.05, 4.69) is 20.7 Å². The smallest absolute Gasteiger partial charge is 0.320 e. The maximum atomic E-state index is 13.6. The van der Waals surface area contributed by atoms with Gasteiger partial charge in [0.1, 0.15) is 11.6 Å². The van der Waals surface area contributed by atoms with Gasteiger partial charge in [0.2, 0.25) is 0 Å². The quantitative estimate of drug-likeness (QED) is 0.711. The zero-order valence-corrected chi connectivity index (χ0v) is 15.6. The molecule has 0 saturated heterocycles. The molecule has 2 N–H and O–H groups in total. The van der Waals surface area contributed by atoms with Gasteiger partial charge in [0.05, 0.1) is 30.1 Å². The van der Waals surface area contributed by atoms with E-state index in [1.807, 2.05) is 17.7 Å². The first-order chi connectivity index (χ1) is 13.6. The van der Waals surface area contributed by atoms with Crippen LogP contribution in [0.5, 0.6) is 0 Å². The number of nitrogens with zero attached hydrogens (tertiary/aromatic N) is 3. The summed E-state index contributed by atoms with van der Waals surface area (Å²) < 4.78 is 21.3. The van der Waals surface area contributed by atoms with Gasteiger partial charge in [-0.15, -0.1) is 0 Å². The van der Waals surface area contributed by atoms with Crippen molar-refractivity contribution in [1.29, 1.82) is 0 Å². The van der Waals surface area contributed by atoms with Crippen LogP contribution in [0.15, 0.2) is 36.5 Å². The SMILES string of the molecule is CCn1ncc2cc3nc(c21)CCCOC[C@H](c1cccc(F)c1)NC(=O)N3. The van der Waals surface area contributed by atoms with Gasteiger partial charge in [-0.2, -0.15) is 5.10 Å². The normalized spacial score (nSPS) is 18.1. The van der Waals surface area contributed by atoms with E-state index < -0.39 is 12.1 Å². The summed E-state index contributed by atoms with van der Waals surface area (Å²) in [6.07, 6.45) is 3.28. The second-order valence-electron chi connectivity index (χ2n) is 6.74. The van der Waals surface area contributed by atoms with Crippen LogP contribution < -0.4 is 10.6 Å². The summed E-state index contributed by atoms with van der Waals surface area (Å²) in [6.45, 7) is 3.56. The van der Waals surface area contributed by atoms with Crippen molar-refractivity contribution in [2.75, 3.05) is 18.5 Å². The van der Waals surface area contributed by atoms with Crippen LogP contribution in [0.3, 0.4) is 0 Å². The van der Waals surface area contributed by atoms with Crippen LogP contribution in [0.1, 0.15) is 30.6 Å². The molecular weight excluding hydrogens is 361 g/mol. The number of urea groups is 1. The monoisotopic (exact) mass is 383 g/mol. The Labute approximate surface area is 161 Å². The first kappa shape index (κ1) is 18.4. The van der Waals surface area contributed by atoms with E-state index in [-0.39, 0.29) is 12.4 Å². The highest BCUT2D eigenvalue weighted by Gasteiger charge is 2.19. The van der Waals surface area contributed by atoms with Crippen molar-refractivity contribution in [3.05, 3.63) is 53.6 Å². The van der Waals surface area contributed by atoms with Gasteiger partial charge in [-0.25, -0.2) is 14.2 Å². The third kappa shape index (κ3) is 3.82. The molecular formula is C20H22FN5O2. The van der Waals surface area contributed by atoms with Crippen LogP contribution in [0.25, 0.3) is 10.9 Å². The van der Waals surface area contributed by atoms with Crippen molar-refractivity contribution in [2.24, 2.45) is 0 Å². The number of aryl methyl sites for hydroxylation is 2. The Morgan fingerprint density at radius 3 is 3.07 bits per heavy atom. The summed E-state index contributed by atoms with van der Waals surface area (Å²) in [5.74, 6) is 0.116. The number of carbonyl (C=O) groups is 1. The number of carbonyl (C=O) groups excluding carboxylic acids is 1. The molecule has 1 aliphatic rings. The number of aromatic nitrogens is 3. The molecule has 28 heavy (non-hydrogen) atoms. The number of halogens is 1. The van der Waals surface area contributed by atoms with Crippen molar-refractivity contribution in [3.8, 4) is 0 Å². The Morgan fingerprint density at radius 1 is 1.36 bits per heavy atom. The van der Waals surface area contributed by atoms with Crippen molar-refractivity contribution >= 4 is 22.8 Å². The fraction of sp³-hybridized carbons (Fsp3) is 0.350. The van der Waals surface area contributed by atoms with Crippen molar-refractivity contribution in [2.45, 2.75) is 32.4 Å². The molecule has 1 aliphatic heterocycles. The fourth-order valence-corrected chi connectivity index (χ4v) is 3.48. The van der Waals surface area contributed by atoms with Gasteiger partial charge in [-0.3, -0.25) is 10.00 Å². The minimum atomic E-state index is -0.457. The maximum absolute atomic E-state index is 13.6. The van der Waals surface area contributed by atoms with E-state index >= 15 is 0 Å². The number of fused-ring (bicyclic) bond motifs is 4. The van der Waals surface area contributed by atoms with Gasteiger partial charge in [0, 0.05) is 18.5 Å². The maximum Gasteiger partial charge on any atom is 0.320 e. The second kappa shape index (κ2) is 7.93. The van der Waals surface area contributed by atoms with Gasteiger partial charge in [-0.1, -0.05) is 12.1 Å². The van der Waals surface area contributed by atoms with Crippen LogP contribution in [0, 0.1) is 5.82 Å². The molecule has 7 nitrogen and oxygen atoms in total. The molecule has 1 aromatic carbocycles. The number of hydrogen-bond donors (Lipinski definition) is 2. The van der Waals surface area contributed by atoms with E-state index in [0.29, 0.717) is 24.4 Å². The Morgan fingerprint density at radius 2 is 2.25 bits per heavy atom. The lowest BCUT2D eigenvalue weighted by molar-refractivity contribution is 0.111. The molecule has 0 spiro atoms. The summed E-state index contributed by atoms with van der Waals surface area (Å²) in [7, 11) is 0. The molecule has 0 radical (unpaired) electrons. The molecule has 0 saturated carbocycles. The summed E-state index contributed by atoms with van der Waals surface area (Å²) in [4.78, 5) is 17.2. The van der Waals surface area contributed by atoms with E-state index in [9.17, 15) is 9.18 Å². The lowest BCUT2D eigenvalue weighted by atomic mass is 10.1. The summed E-state index contributed by atoms with van der Waals surface area (Å²) in [6, 6.07) is 7.11. The Kier molecular flexibility index (Phi) is 5.21. The first-order valence-corrected chi connectivity index (χ1v) is 9.40. The fourth-order valence-electron chi connectivity index (χ4n) is 3.48. The molecule has 0 aliphatic carbocycles. The van der Waals surface area contributed by atoms with E-state index in [0.717, 1.165) is 29.6 Å². The average molecular weight is 383 g/mol. The van der Waals surface area contributed by atoms with Gasteiger partial charge < -0.3 is 10.1 Å². The minimum Gasteiger partial charge on any atom is -0.379 e. The summed E-state index contributed by atoms with van der Waals surface area (Å²) in [5, 5.41) is 11.0. The predicted octanol–water partition coefficient (Wildman–Crippen LogP) is 3.42. The number of amides is 2. The molecule has 3 heterocycles. The Bertz CT molecular complexity index is 1000. The highest BCUT2D eigenvalue weighted by Crippen LogP contribution is 2.23. The van der Waals surface area contributed by atoms with Crippen molar-refractivity contribution in [1.82, 2.24) is 20.1 Å². The van der Waals surface area contributed by atoms with Crippen LogP contribution in [-0.4, -0.2) is 34.0 Å². The van der Waals surface area contributed by atoms with Gasteiger partial charge >= 0.3 is 6.03 Å². The molecule has 2 amide bonds. The van der Waals surface area contributed by atoms with Gasteiger partial charge in [0.25, 0.3) is 0 Å². The topological polar surface area (TPSA) is 81.1 Å². The van der Waals surface area contributed by atoms with Gasteiger partial charge in [0.15, 0.2) is 0 Å². The number of rotatable bonds is 2. The Hall–Kier alpha value is -3.00. The predicted molar refractivity (Wildman–Crippen MR) is 104 cm³/mol. The third-order valence-corrected chi connectivity index (χ3v) is 4.77. The molecule has 1 atom stereocenters. The van der Waals surface area contributed by atoms with Crippen LogP contribution in [-0.2, 0) is 17.7 Å². The van der Waals surface area contributed by atoms with E-state index in [4.69, 9.17) is 4.74 Å². The van der Waals surface area contributed by atoms with Crippen LogP contribution in [0.4, 0.5) is 15.0 Å². The number of ether oxygens (including phenoxy) is 1. The lowest BCUT2D eigenvalue weighted by Crippen LogP contribution is -2.35. The zero-order valence-electron chi connectivity index (χ0n) is 15.6. The number of pyridine rings is 1. The number of anilines is 1. The molecule has 3 aromatic rings. The highest BCUT2D eigenvalue weighted by molar-refractivity contribution is 5.92. The molecule has 0 unspecified atom stereocenters. The second-order valence-corrected chi connectivity index (χ2v) is 6.74. The molecule has 8 heteroatoms. The number of benzene rings is 1. The molecule has 2 bridgehead atoms. The van der Waals surface area contributed by atoms with E-state index in [1.54, 1.807) is 18.3 Å². The number of nitrogens with one attached hydrogen (secondary N) is 2. The van der Waals surface area contributed by atoms with Crippen LogP contribution in [0.2, 0.25) is 0 Å². The summed E-state index contributed by atoms with van der Waals surface area (Å²) >= 11 is 0. The van der Waals surface area contributed by atoms with E-state index in [1.165, 1.54) is 12.1 Å². The van der Waals surface area contributed by atoms with Gasteiger partial charge in [-0.05, 0) is 43.5 Å². The standard InChI is InChI=1S/C20H22FN5O2/c1-2-26-19-14(11-22-26)10-18-23-16(19)7-4-8-28-12-17(24-20(27)25-18)13-5-3-6-15(21)9-13/h3,5-6,9-11,17H,2,4,7-8,12H2,1H3,(H2,23,24,25,27)/t17-/m1/s1.